The fraction of sp³-hybridized carbons (Fsp3) is 0.538. The second-order valence-electron chi connectivity index (χ2n) is 5.43. The molecule has 0 aliphatic rings. The molecule has 5 heteroatoms. The van der Waals surface area contributed by atoms with Crippen LogP contribution in [0, 0.1) is 0 Å². The van der Waals surface area contributed by atoms with Crippen molar-refractivity contribution in [3.05, 3.63) is 24.4 Å². The minimum Gasteiger partial charge on any atom is -0.341 e. The molecule has 0 unspecified atom stereocenters. The highest BCUT2D eigenvalue weighted by atomic mass is 15.3. The SMILES string of the molecule is CCn1cc(-c2cnc(CNC(C)(C)C)[nH]2)cn1. The van der Waals surface area contributed by atoms with Crippen LogP contribution in [0.25, 0.3) is 11.3 Å². The number of aromatic amines is 1. The Bertz CT molecular complexity index is 503. The van der Waals surface area contributed by atoms with Gasteiger partial charge in [0.05, 0.1) is 24.6 Å². The highest BCUT2D eigenvalue weighted by Gasteiger charge is 2.10. The Morgan fingerprint density at radius 3 is 2.72 bits per heavy atom. The smallest absolute Gasteiger partial charge is 0.120 e. The number of imidazole rings is 1. The molecule has 0 bridgehead atoms. The number of hydrogen-bond acceptors (Lipinski definition) is 3. The van der Waals surface area contributed by atoms with Crippen LogP contribution in [0.1, 0.15) is 33.5 Å². The quantitative estimate of drug-likeness (QED) is 0.870. The summed E-state index contributed by atoms with van der Waals surface area (Å²) in [6.07, 6.45) is 5.74. The zero-order valence-corrected chi connectivity index (χ0v) is 11.5. The van der Waals surface area contributed by atoms with Gasteiger partial charge in [0.25, 0.3) is 0 Å². The first-order chi connectivity index (χ1) is 8.48. The standard InChI is InChI=1S/C13H21N5/c1-5-18-9-10(6-16-18)11-7-14-12(17-11)8-15-13(2,3)4/h6-7,9,15H,5,8H2,1-4H3,(H,14,17). The third kappa shape index (κ3) is 3.20. The maximum atomic E-state index is 4.38. The Kier molecular flexibility index (Phi) is 3.52. The maximum Gasteiger partial charge on any atom is 0.120 e. The molecule has 0 radical (unpaired) electrons. The summed E-state index contributed by atoms with van der Waals surface area (Å²) in [5.41, 5.74) is 2.19. The molecule has 0 fully saturated rings. The van der Waals surface area contributed by atoms with Crippen LogP contribution in [0.15, 0.2) is 18.6 Å². The molecule has 98 valence electrons. The molecule has 0 aliphatic heterocycles. The first-order valence-electron chi connectivity index (χ1n) is 6.29. The zero-order valence-electron chi connectivity index (χ0n) is 11.5. The van der Waals surface area contributed by atoms with Gasteiger partial charge in [0.1, 0.15) is 5.82 Å². The van der Waals surface area contributed by atoms with Gasteiger partial charge in [-0.2, -0.15) is 5.10 Å². The second kappa shape index (κ2) is 4.94. The van der Waals surface area contributed by atoms with Crippen LogP contribution in [0.3, 0.4) is 0 Å². The summed E-state index contributed by atoms with van der Waals surface area (Å²) in [5.74, 6) is 0.948. The van der Waals surface area contributed by atoms with Crippen LogP contribution in [0.4, 0.5) is 0 Å². The summed E-state index contributed by atoms with van der Waals surface area (Å²) >= 11 is 0. The highest BCUT2D eigenvalue weighted by molar-refractivity contribution is 5.55. The fourth-order valence-electron chi connectivity index (χ4n) is 1.62. The van der Waals surface area contributed by atoms with E-state index in [1.54, 1.807) is 0 Å². The summed E-state index contributed by atoms with van der Waals surface area (Å²) < 4.78 is 1.91. The molecular formula is C13H21N5. The van der Waals surface area contributed by atoms with E-state index in [2.05, 4.69) is 48.1 Å². The Morgan fingerprint density at radius 2 is 2.11 bits per heavy atom. The molecule has 5 nitrogen and oxygen atoms in total. The average molecular weight is 247 g/mol. The molecule has 0 saturated heterocycles. The lowest BCUT2D eigenvalue weighted by atomic mass is 10.1. The van der Waals surface area contributed by atoms with Crippen molar-refractivity contribution >= 4 is 0 Å². The van der Waals surface area contributed by atoms with Crippen molar-refractivity contribution in [3.63, 3.8) is 0 Å². The van der Waals surface area contributed by atoms with Gasteiger partial charge in [-0.05, 0) is 27.7 Å². The molecule has 0 atom stereocenters. The molecule has 0 aliphatic carbocycles. The summed E-state index contributed by atoms with van der Waals surface area (Å²) in [6, 6.07) is 0. The third-order valence-electron chi connectivity index (χ3n) is 2.68. The van der Waals surface area contributed by atoms with Crippen LogP contribution in [0.2, 0.25) is 0 Å². The molecule has 2 aromatic rings. The minimum atomic E-state index is 0.0973. The monoisotopic (exact) mass is 247 g/mol. The summed E-state index contributed by atoms with van der Waals surface area (Å²) in [6.45, 7) is 10.1. The molecular weight excluding hydrogens is 226 g/mol. The Hall–Kier alpha value is -1.62. The van der Waals surface area contributed by atoms with Crippen molar-refractivity contribution in [1.29, 1.82) is 0 Å². The second-order valence-corrected chi connectivity index (χ2v) is 5.43. The van der Waals surface area contributed by atoms with E-state index < -0.39 is 0 Å². The van der Waals surface area contributed by atoms with Crippen molar-refractivity contribution in [1.82, 2.24) is 25.1 Å². The van der Waals surface area contributed by atoms with Crippen molar-refractivity contribution in [3.8, 4) is 11.3 Å². The molecule has 2 rings (SSSR count). The van der Waals surface area contributed by atoms with Crippen molar-refractivity contribution in [2.75, 3.05) is 0 Å². The van der Waals surface area contributed by atoms with E-state index in [1.165, 1.54) is 0 Å². The lowest BCUT2D eigenvalue weighted by molar-refractivity contribution is 0.418. The van der Waals surface area contributed by atoms with Gasteiger partial charge in [0.2, 0.25) is 0 Å². The van der Waals surface area contributed by atoms with E-state index in [-0.39, 0.29) is 5.54 Å². The number of aryl methyl sites for hydroxylation is 1. The molecule has 0 saturated carbocycles. The van der Waals surface area contributed by atoms with E-state index in [1.807, 2.05) is 23.3 Å². The van der Waals surface area contributed by atoms with Crippen LogP contribution >= 0.6 is 0 Å². The van der Waals surface area contributed by atoms with E-state index in [0.29, 0.717) is 0 Å². The molecule has 2 aromatic heterocycles. The normalized spacial score (nSPS) is 12.0. The Balaban J connectivity index is 2.06. The summed E-state index contributed by atoms with van der Waals surface area (Å²) in [7, 11) is 0. The Morgan fingerprint density at radius 1 is 1.33 bits per heavy atom. The predicted molar refractivity (Wildman–Crippen MR) is 72.1 cm³/mol. The number of rotatable bonds is 4. The first-order valence-corrected chi connectivity index (χ1v) is 6.29. The van der Waals surface area contributed by atoms with E-state index in [0.717, 1.165) is 30.2 Å². The van der Waals surface area contributed by atoms with Gasteiger partial charge in [-0.15, -0.1) is 0 Å². The lowest BCUT2D eigenvalue weighted by Crippen LogP contribution is -2.35. The Labute approximate surface area is 108 Å². The number of H-pyrrole nitrogens is 1. The van der Waals surface area contributed by atoms with Gasteiger partial charge < -0.3 is 10.3 Å². The van der Waals surface area contributed by atoms with Crippen molar-refractivity contribution in [2.24, 2.45) is 0 Å². The lowest BCUT2D eigenvalue weighted by Gasteiger charge is -2.19. The van der Waals surface area contributed by atoms with Crippen LogP contribution < -0.4 is 5.32 Å². The van der Waals surface area contributed by atoms with Crippen LogP contribution in [-0.2, 0) is 13.1 Å². The number of aromatic nitrogens is 4. The first kappa shape index (κ1) is 12.8. The van der Waals surface area contributed by atoms with Crippen LogP contribution in [0.5, 0.6) is 0 Å². The molecule has 0 amide bonds. The van der Waals surface area contributed by atoms with E-state index in [9.17, 15) is 0 Å². The maximum absolute atomic E-state index is 4.38. The topological polar surface area (TPSA) is 58.5 Å². The summed E-state index contributed by atoms with van der Waals surface area (Å²) in [4.78, 5) is 7.69. The number of hydrogen-bond donors (Lipinski definition) is 2. The van der Waals surface area contributed by atoms with Gasteiger partial charge in [-0.1, -0.05) is 0 Å². The molecule has 18 heavy (non-hydrogen) atoms. The number of nitrogens with one attached hydrogen (secondary N) is 2. The molecule has 2 N–H and O–H groups in total. The average Bonchev–Trinajstić information content (AvgIpc) is 2.94. The van der Waals surface area contributed by atoms with Gasteiger partial charge in [0.15, 0.2) is 0 Å². The predicted octanol–water partition coefficient (Wildman–Crippen LogP) is 2.18. The van der Waals surface area contributed by atoms with Crippen LogP contribution in [-0.4, -0.2) is 25.3 Å². The molecule has 2 heterocycles. The van der Waals surface area contributed by atoms with Gasteiger partial charge in [-0.25, -0.2) is 4.98 Å². The van der Waals surface area contributed by atoms with Gasteiger partial charge in [-0.3, -0.25) is 4.68 Å². The fourth-order valence-corrected chi connectivity index (χ4v) is 1.62. The molecule has 0 spiro atoms. The largest absolute Gasteiger partial charge is 0.341 e. The van der Waals surface area contributed by atoms with Crippen molar-refractivity contribution < 1.29 is 0 Å². The van der Waals surface area contributed by atoms with E-state index >= 15 is 0 Å². The minimum absolute atomic E-state index is 0.0973. The summed E-state index contributed by atoms with van der Waals surface area (Å²) in [5, 5.41) is 7.66. The van der Waals surface area contributed by atoms with Gasteiger partial charge >= 0.3 is 0 Å². The van der Waals surface area contributed by atoms with Gasteiger partial charge in [0, 0.05) is 23.8 Å². The third-order valence-corrected chi connectivity index (χ3v) is 2.68. The highest BCUT2D eigenvalue weighted by Crippen LogP contribution is 2.16. The van der Waals surface area contributed by atoms with E-state index in [4.69, 9.17) is 0 Å². The molecule has 0 aromatic carbocycles. The zero-order chi connectivity index (χ0) is 13.2. The number of nitrogens with zero attached hydrogens (tertiary/aromatic N) is 3. The van der Waals surface area contributed by atoms with Crippen molar-refractivity contribution in [2.45, 2.75) is 46.3 Å².